The molecule has 4 nitrogen and oxygen atoms in total. The first-order valence-electron chi connectivity index (χ1n) is 8.76. The van der Waals surface area contributed by atoms with Gasteiger partial charge in [-0.05, 0) is 61.5 Å². The van der Waals surface area contributed by atoms with E-state index >= 15 is 0 Å². The summed E-state index contributed by atoms with van der Waals surface area (Å²) in [5.41, 5.74) is 2.73. The predicted octanol–water partition coefficient (Wildman–Crippen LogP) is 5.77. The molecule has 3 rings (SSSR count). The van der Waals surface area contributed by atoms with Gasteiger partial charge in [0.1, 0.15) is 5.82 Å². The summed E-state index contributed by atoms with van der Waals surface area (Å²) in [6.45, 7) is 1.93. The van der Waals surface area contributed by atoms with Gasteiger partial charge in [0, 0.05) is 21.8 Å². The Bertz CT molecular complexity index is 1040. The first-order chi connectivity index (χ1) is 13.9. The summed E-state index contributed by atoms with van der Waals surface area (Å²) in [5.74, 6) is -0.751. The first-order valence-corrected chi connectivity index (χ1v) is 10.1. The van der Waals surface area contributed by atoms with E-state index in [0.717, 1.165) is 10.5 Å². The number of halogens is 2. The van der Waals surface area contributed by atoms with Crippen LogP contribution in [0.1, 0.15) is 15.9 Å². The molecule has 0 fully saturated rings. The minimum absolute atomic E-state index is 0.0428. The van der Waals surface area contributed by atoms with Crippen LogP contribution in [0.5, 0.6) is 0 Å². The van der Waals surface area contributed by atoms with Crippen molar-refractivity contribution in [3.63, 3.8) is 0 Å². The molecule has 0 radical (unpaired) electrons. The Balaban J connectivity index is 1.51. The van der Waals surface area contributed by atoms with Crippen LogP contribution in [-0.4, -0.2) is 17.6 Å². The highest BCUT2D eigenvalue weighted by Crippen LogP contribution is 2.22. The molecule has 2 N–H and O–H groups in total. The highest BCUT2D eigenvalue weighted by atomic mass is 35.5. The van der Waals surface area contributed by atoms with Gasteiger partial charge in [-0.3, -0.25) is 9.59 Å². The monoisotopic (exact) mass is 428 g/mol. The molecule has 0 saturated heterocycles. The Morgan fingerprint density at radius 3 is 2.38 bits per heavy atom. The van der Waals surface area contributed by atoms with Crippen LogP contribution in [0, 0.1) is 12.7 Å². The molecule has 0 bridgehead atoms. The molecule has 0 aliphatic carbocycles. The molecule has 2 amide bonds. The molecule has 7 heteroatoms. The molecule has 0 atom stereocenters. The fraction of sp³-hybridized carbons (Fsp3) is 0.0909. The average Bonchev–Trinajstić information content (AvgIpc) is 2.70. The Morgan fingerprint density at radius 1 is 0.966 bits per heavy atom. The van der Waals surface area contributed by atoms with Crippen molar-refractivity contribution < 1.29 is 14.0 Å². The van der Waals surface area contributed by atoms with Gasteiger partial charge in [-0.2, -0.15) is 0 Å². The highest BCUT2D eigenvalue weighted by Gasteiger charge is 2.08. The van der Waals surface area contributed by atoms with Gasteiger partial charge in [0.2, 0.25) is 5.91 Å². The predicted molar refractivity (Wildman–Crippen MR) is 116 cm³/mol. The normalized spacial score (nSPS) is 10.4. The number of thioether (sulfide) groups is 1. The highest BCUT2D eigenvalue weighted by molar-refractivity contribution is 8.00. The second kappa shape index (κ2) is 9.58. The van der Waals surface area contributed by atoms with Crippen LogP contribution in [0.25, 0.3) is 0 Å². The van der Waals surface area contributed by atoms with Crippen molar-refractivity contribution in [3.8, 4) is 0 Å². The van der Waals surface area contributed by atoms with Crippen LogP contribution in [0.3, 0.4) is 0 Å². The van der Waals surface area contributed by atoms with Crippen molar-refractivity contribution in [2.45, 2.75) is 11.8 Å². The molecule has 0 spiro atoms. The molecule has 29 heavy (non-hydrogen) atoms. The molecule has 0 aliphatic rings. The van der Waals surface area contributed by atoms with Gasteiger partial charge >= 0.3 is 0 Å². The number of carbonyl (C=O) groups excluding carboxylic acids is 2. The summed E-state index contributed by atoms with van der Waals surface area (Å²) in [7, 11) is 0. The molecule has 0 heterocycles. The van der Waals surface area contributed by atoms with E-state index in [4.69, 9.17) is 11.6 Å². The smallest absolute Gasteiger partial charge is 0.255 e. The van der Waals surface area contributed by atoms with Crippen molar-refractivity contribution in [2.75, 3.05) is 16.4 Å². The number of aryl methyl sites for hydroxylation is 1. The van der Waals surface area contributed by atoms with Crippen molar-refractivity contribution in [2.24, 2.45) is 0 Å². The lowest BCUT2D eigenvalue weighted by molar-refractivity contribution is -0.113. The molecular formula is C22H18ClFN2O2S. The summed E-state index contributed by atoms with van der Waals surface area (Å²) in [4.78, 5) is 25.2. The SMILES string of the molecule is Cc1cccc(C(=O)Nc2ccc(SCC(=O)Nc3ccc(F)c(Cl)c3)cc2)c1. The number of anilines is 2. The topological polar surface area (TPSA) is 58.2 Å². The van der Waals surface area contributed by atoms with Crippen LogP contribution >= 0.6 is 23.4 Å². The van der Waals surface area contributed by atoms with E-state index in [1.54, 1.807) is 18.2 Å². The zero-order valence-electron chi connectivity index (χ0n) is 15.5. The van der Waals surface area contributed by atoms with E-state index in [0.29, 0.717) is 16.9 Å². The van der Waals surface area contributed by atoms with Gasteiger partial charge in [-0.15, -0.1) is 11.8 Å². The quantitative estimate of drug-likeness (QED) is 0.490. The number of carbonyl (C=O) groups is 2. The van der Waals surface area contributed by atoms with Crippen molar-refractivity contribution in [3.05, 3.63) is 88.7 Å². The maximum Gasteiger partial charge on any atom is 0.255 e. The second-order valence-corrected chi connectivity index (χ2v) is 7.77. The Hall–Kier alpha value is -2.83. The lowest BCUT2D eigenvalue weighted by Crippen LogP contribution is -2.14. The van der Waals surface area contributed by atoms with Crippen LogP contribution in [-0.2, 0) is 4.79 Å². The lowest BCUT2D eigenvalue weighted by Gasteiger charge is -2.08. The minimum Gasteiger partial charge on any atom is -0.325 e. The molecule has 0 saturated carbocycles. The fourth-order valence-corrected chi connectivity index (χ4v) is 3.42. The summed E-state index contributed by atoms with van der Waals surface area (Å²) in [5, 5.41) is 5.48. The second-order valence-electron chi connectivity index (χ2n) is 6.31. The molecule has 3 aromatic carbocycles. The number of nitrogens with one attached hydrogen (secondary N) is 2. The maximum absolute atomic E-state index is 13.2. The zero-order valence-corrected chi connectivity index (χ0v) is 17.1. The van der Waals surface area contributed by atoms with Crippen molar-refractivity contribution >= 4 is 46.6 Å². The van der Waals surface area contributed by atoms with E-state index in [9.17, 15) is 14.0 Å². The number of hydrogen-bond donors (Lipinski definition) is 2. The van der Waals surface area contributed by atoms with E-state index in [1.807, 2.05) is 37.3 Å². The Kier molecular flexibility index (Phi) is 6.90. The van der Waals surface area contributed by atoms with Crippen LogP contribution in [0.2, 0.25) is 5.02 Å². The molecule has 3 aromatic rings. The molecule has 0 unspecified atom stereocenters. The molecular weight excluding hydrogens is 411 g/mol. The lowest BCUT2D eigenvalue weighted by atomic mass is 10.1. The number of rotatable bonds is 6. The first kappa shape index (κ1) is 20.9. The number of amides is 2. The minimum atomic E-state index is -0.534. The standard InChI is InChI=1S/C22H18ClFN2O2S/c1-14-3-2-4-15(11-14)22(28)26-16-5-8-18(9-6-16)29-13-21(27)25-17-7-10-20(24)19(23)12-17/h2-12H,13H2,1H3,(H,25,27)(H,26,28). The van der Waals surface area contributed by atoms with Gasteiger partial charge < -0.3 is 10.6 Å². The van der Waals surface area contributed by atoms with E-state index in [-0.39, 0.29) is 22.6 Å². The Morgan fingerprint density at radius 2 is 1.69 bits per heavy atom. The van der Waals surface area contributed by atoms with Crippen molar-refractivity contribution in [1.82, 2.24) is 0 Å². The van der Waals surface area contributed by atoms with Gasteiger partial charge in [0.05, 0.1) is 10.8 Å². The van der Waals surface area contributed by atoms with Crippen molar-refractivity contribution in [1.29, 1.82) is 0 Å². The van der Waals surface area contributed by atoms with Crippen LogP contribution in [0.4, 0.5) is 15.8 Å². The van der Waals surface area contributed by atoms with Crippen LogP contribution in [0.15, 0.2) is 71.6 Å². The fourth-order valence-electron chi connectivity index (χ4n) is 2.54. The zero-order chi connectivity index (χ0) is 20.8. The van der Waals surface area contributed by atoms with Gasteiger partial charge in [0.15, 0.2) is 0 Å². The summed E-state index contributed by atoms with van der Waals surface area (Å²) in [6, 6.07) is 18.6. The summed E-state index contributed by atoms with van der Waals surface area (Å²) < 4.78 is 13.2. The van der Waals surface area contributed by atoms with Gasteiger partial charge in [0.25, 0.3) is 5.91 Å². The van der Waals surface area contributed by atoms with Gasteiger partial charge in [-0.25, -0.2) is 4.39 Å². The maximum atomic E-state index is 13.2. The third-order valence-corrected chi connectivity index (χ3v) is 5.27. The summed E-state index contributed by atoms with van der Waals surface area (Å²) >= 11 is 7.06. The number of benzene rings is 3. The molecule has 0 aliphatic heterocycles. The van der Waals surface area contributed by atoms with E-state index in [2.05, 4.69) is 10.6 Å². The van der Waals surface area contributed by atoms with E-state index in [1.165, 1.54) is 30.0 Å². The Labute approximate surface area is 177 Å². The molecule has 0 aromatic heterocycles. The number of hydrogen-bond acceptors (Lipinski definition) is 3. The van der Waals surface area contributed by atoms with Gasteiger partial charge in [-0.1, -0.05) is 29.3 Å². The largest absolute Gasteiger partial charge is 0.325 e. The third-order valence-electron chi connectivity index (χ3n) is 3.97. The van der Waals surface area contributed by atoms with Crippen LogP contribution < -0.4 is 10.6 Å². The average molecular weight is 429 g/mol. The molecule has 148 valence electrons. The summed E-state index contributed by atoms with van der Waals surface area (Å²) in [6.07, 6.45) is 0. The third kappa shape index (κ3) is 6.07. The van der Waals surface area contributed by atoms with E-state index < -0.39 is 5.82 Å².